The minimum absolute atomic E-state index is 0.0909. The number of carbonyl (C=O) groups excluding carboxylic acids is 3. The fraction of sp³-hybridized carbons (Fsp3) is 0.433. The molecule has 0 saturated heterocycles. The maximum absolute atomic E-state index is 12.5. The van der Waals surface area contributed by atoms with E-state index in [4.69, 9.17) is 18.9 Å². The van der Waals surface area contributed by atoms with Crippen molar-refractivity contribution in [3.63, 3.8) is 0 Å². The number of rotatable bonds is 15. The molecule has 0 atom stereocenters. The van der Waals surface area contributed by atoms with Crippen LogP contribution in [0.5, 0.6) is 23.0 Å². The van der Waals surface area contributed by atoms with Crippen molar-refractivity contribution in [2.75, 3.05) is 19.8 Å². The maximum atomic E-state index is 12.5. The van der Waals surface area contributed by atoms with E-state index in [1.54, 1.807) is 0 Å². The van der Waals surface area contributed by atoms with Crippen LogP contribution in [0.2, 0.25) is 0 Å². The van der Waals surface area contributed by atoms with Crippen LogP contribution < -0.4 is 14.2 Å². The fourth-order valence-electron chi connectivity index (χ4n) is 4.28. The highest BCUT2D eigenvalue weighted by Crippen LogP contribution is 2.31. The number of aromatic hydroxyl groups is 1. The topological polar surface area (TPSA) is 108 Å². The Hall–Kier alpha value is -3.81. The molecule has 0 bridgehead atoms. The molecule has 38 heavy (non-hydrogen) atoms. The van der Waals surface area contributed by atoms with Crippen molar-refractivity contribution in [2.45, 2.75) is 51.4 Å². The highest BCUT2D eigenvalue weighted by atomic mass is 16.5. The average molecular weight is 525 g/mol. The van der Waals surface area contributed by atoms with Crippen molar-refractivity contribution in [1.29, 1.82) is 0 Å². The Morgan fingerprint density at radius 2 is 1.50 bits per heavy atom. The lowest BCUT2D eigenvalue weighted by atomic mass is 9.82. The predicted octanol–water partition coefficient (Wildman–Crippen LogP) is 5.66. The summed E-state index contributed by atoms with van der Waals surface area (Å²) in [5, 5.41) is 9.58. The van der Waals surface area contributed by atoms with Gasteiger partial charge in [0.1, 0.15) is 23.0 Å². The number of hydrogen-bond donors (Lipinski definition) is 1. The Balaban J connectivity index is 1.28. The first-order valence-corrected chi connectivity index (χ1v) is 13.1. The third-order valence-corrected chi connectivity index (χ3v) is 6.55. The van der Waals surface area contributed by atoms with Gasteiger partial charge >= 0.3 is 11.9 Å². The molecule has 0 amide bonds. The van der Waals surface area contributed by atoms with Crippen molar-refractivity contribution < 1.29 is 38.4 Å². The summed E-state index contributed by atoms with van der Waals surface area (Å²) in [4.78, 5) is 34.4. The molecule has 8 nitrogen and oxygen atoms in total. The van der Waals surface area contributed by atoms with E-state index in [0.717, 1.165) is 62.9 Å². The lowest BCUT2D eigenvalue weighted by molar-refractivity contribution is -0.140. The molecule has 0 heterocycles. The molecule has 2 aromatic carbocycles. The number of aldehydes is 1. The molecule has 204 valence electrons. The Kier molecular flexibility index (Phi) is 11.7. The van der Waals surface area contributed by atoms with Gasteiger partial charge in [-0.15, -0.1) is 0 Å². The molecule has 1 N–H and O–H groups in total. The van der Waals surface area contributed by atoms with Crippen LogP contribution >= 0.6 is 0 Å². The second kappa shape index (κ2) is 15.4. The van der Waals surface area contributed by atoms with E-state index in [1.807, 2.05) is 24.3 Å². The van der Waals surface area contributed by atoms with E-state index >= 15 is 0 Å². The van der Waals surface area contributed by atoms with E-state index in [-0.39, 0.29) is 34.9 Å². The molecule has 1 fully saturated rings. The van der Waals surface area contributed by atoms with Gasteiger partial charge in [-0.05, 0) is 99.7 Å². The second-order valence-corrected chi connectivity index (χ2v) is 9.39. The van der Waals surface area contributed by atoms with Crippen LogP contribution in [0.4, 0.5) is 0 Å². The largest absolute Gasteiger partial charge is 0.507 e. The zero-order valence-corrected chi connectivity index (χ0v) is 21.6. The SMILES string of the molecule is C=CC(=O)OCCCCCCOc1ccc(OCC2CCC(C(=O)Oc3ccc(O)c(C=O)c3)CC2)cc1. The lowest BCUT2D eigenvalue weighted by Gasteiger charge is -2.27. The second-order valence-electron chi connectivity index (χ2n) is 9.39. The third-order valence-electron chi connectivity index (χ3n) is 6.55. The number of hydrogen-bond acceptors (Lipinski definition) is 8. The number of phenols is 1. The summed E-state index contributed by atoms with van der Waals surface area (Å²) >= 11 is 0. The molecule has 0 unspecified atom stereocenters. The number of benzene rings is 2. The van der Waals surface area contributed by atoms with E-state index in [2.05, 4.69) is 6.58 Å². The molecule has 1 saturated carbocycles. The van der Waals surface area contributed by atoms with E-state index in [1.165, 1.54) is 24.3 Å². The fourth-order valence-corrected chi connectivity index (χ4v) is 4.28. The van der Waals surface area contributed by atoms with Crippen LogP contribution in [0.15, 0.2) is 55.1 Å². The predicted molar refractivity (Wildman–Crippen MR) is 142 cm³/mol. The van der Waals surface area contributed by atoms with Crippen molar-refractivity contribution in [3.05, 3.63) is 60.7 Å². The standard InChI is InChI=1S/C30H36O8/c1-2-29(33)36-18-6-4-3-5-17-35-25-11-13-26(14-12-25)37-21-22-7-9-23(10-8-22)30(34)38-27-15-16-28(32)24(19-27)20-31/h2,11-16,19-20,22-23,32H,1,3-10,17-18,21H2. The first kappa shape index (κ1) is 28.8. The summed E-state index contributed by atoms with van der Waals surface area (Å²) in [6, 6.07) is 11.8. The summed E-state index contributed by atoms with van der Waals surface area (Å²) in [5.41, 5.74) is 0.0909. The van der Waals surface area contributed by atoms with Crippen molar-refractivity contribution in [2.24, 2.45) is 11.8 Å². The van der Waals surface area contributed by atoms with Crippen molar-refractivity contribution in [3.8, 4) is 23.0 Å². The van der Waals surface area contributed by atoms with Gasteiger partial charge in [-0.25, -0.2) is 4.79 Å². The van der Waals surface area contributed by atoms with Gasteiger partial charge in [0, 0.05) is 6.08 Å². The lowest BCUT2D eigenvalue weighted by Crippen LogP contribution is -2.27. The summed E-state index contributed by atoms with van der Waals surface area (Å²) < 4.78 is 22.1. The first-order chi connectivity index (χ1) is 18.5. The van der Waals surface area contributed by atoms with E-state index < -0.39 is 0 Å². The summed E-state index contributed by atoms with van der Waals surface area (Å²) in [6.45, 7) is 5.00. The molecular weight excluding hydrogens is 488 g/mol. The minimum Gasteiger partial charge on any atom is -0.507 e. The quantitative estimate of drug-likeness (QED) is 0.104. The van der Waals surface area contributed by atoms with Crippen molar-refractivity contribution >= 4 is 18.2 Å². The summed E-state index contributed by atoms with van der Waals surface area (Å²) in [6.07, 6.45) is 8.62. The molecule has 0 spiro atoms. The Morgan fingerprint density at radius 1 is 0.868 bits per heavy atom. The van der Waals surface area contributed by atoms with Gasteiger partial charge in [0.05, 0.1) is 31.3 Å². The van der Waals surface area contributed by atoms with Gasteiger partial charge in [-0.2, -0.15) is 0 Å². The normalized spacial score (nSPS) is 16.7. The maximum Gasteiger partial charge on any atom is 0.330 e. The Bertz CT molecular complexity index is 1050. The first-order valence-electron chi connectivity index (χ1n) is 13.1. The van der Waals surface area contributed by atoms with Gasteiger partial charge in [-0.3, -0.25) is 9.59 Å². The van der Waals surface area contributed by atoms with Crippen LogP contribution in [-0.4, -0.2) is 43.2 Å². The molecule has 3 rings (SSSR count). The third kappa shape index (κ3) is 9.57. The van der Waals surface area contributed by atoms with Gasteiger partial charge in [-0.1, -0.05) is 6.58 Å². The number of esters is 2. The van der Waals surface area contributed by atoms with Gasteiger partial charge in [0.25, 0.3) is 0 Å². The Labute approximate surface area is 223 Å². The minimum atomic E-state index is -0.380. The molecule has 2 aromatic rings. The summed E-state index contributed by atoms with van der Waals surface area (Å²) in [5.74, 6) is 1.19. The molecule has 1 aliphatic carbocycles. The van der Waals surface area contributed by atoms with Crippen LogP contribution in [0, 0.1) is 11.8 Å². The van der Waals surface area contributed by atoms with E-state index in [9.17, 15) is 19.5 Å². The van der Waals surface area contributed by atoms with Crippen molar-refractivity contribution in [1.82, 2.24) is 0 Å². The molecular formula is C30H36O8. The van der Waals surface area contributed by atoms with Crippen LogP contribution in [-0.2, 0) is 14.3 Å². The highest BCUT2D eigenvalue weighted by molar-refractivity contribution is 5.81. The van der Waals surface area contributed by atoms with Gasteiger partial charge in [0.2, 0.25) is 0 Å². The smallest absolute Gasteiger partial charge is 0.330 e. The highest BCUT2D eigenvalue weighted by Gasteiger charge is 2.28. The number of unbranched alkanes of at least 4 members (excludes halogenated alkanes) is 3. The van der Waals surface area contributed by atoms with Crippen LogP contribution in [0.25, 0.3) is 0 Å². The number of phenolic OH excluding ortho intramolecular Hbond substituents is 1. The molecule has 0 aliphatic heterocycles. The van der Waals surface area contributed by atoms with Gasteiger partial charge in [0.15, 0.2) is 6.29 Å². The average Bonchev–Trinajstić information content (AvgIpc) is 2.95. The van der Waals surface area contributed by atoms with Crippen LogP contribution in [0.1, 0.15) is 61.7 Å². The number of ether oxygens (including phenoxy) is 4. The van der Waals surface area contributed by atoms with E-state index in [0.29, 0.717) is 32.0 Å². The van der Waals surface area contributed by atoms with Gasteiger partial charge < -0.3 is 24.1 Å². The van der Waals surface area contributed by atoms with Crippen LogP contribution in [0.3, 0.4) is 0 Å². The molecule has 0 aromatic heterocycles. The summed E-state index contributed by atoms with van der Waals surface area (Å²) in [7, 11) is 0. The Morgan fingerprint density at radius 3 is 2.16 bits per heavy atom. The molecule has 0 radical (unpaired) electrons. The molecule has 1 aliphatic rings. The zero-order valence-electron chi connectivity index (χ0n) is 21.6. The zero-order chi connectivity index (χ0) is 27.2. The monoisotopic (exact) mass is 524 g/mol. The molecule has 8 heteroatoms. The number of carbonyl (C=O) groups is 3.